The summed E-state index contributed by atoms with van der Waals surface area (Å²) in [6.07, 6.45) is 4.31. The van der Waals surface area contributed by atoms with E-state index in [1.54, 1.807) is 36.5 Å². The van der Waals surface area contributed by atoms with Crippen molar-refractivity contribution in [2.75, 3.05) is 13.1 Å². The van der Waals surface area contributed by atoms with Crippen molar-refractivity contribution in [2.45, 2.75) is 101 Å². The normalized spacial score (nSPS) is 22.1. The molecule has 22 nitrogen and oxygen atoms in total. The molecule has 1 aliphatic rings. The molecule has 0 unspecified atom stereocenters. The zero-order chi connectivity index (χ0) is 47.6. The van der Waals surface area contributed by atoms with Crippen LogP contribution in [0.2, 0.25) is 0 Å². The summed E-state index contributed by atoms with van der Waals surface area (Å²) >= 11 is 0. The van der Waals surface area contributed by atoms with E-state index in [1.807, 2.05) is 24.3 Å². The molecule has 1 fully saturated rings. The van der Waals surface area contributed by atoms with E-state index in [0.29, 0.717) is 16.8 Å². The summed E-state index contributed by atoms with van der Waals surface area (Å²) in [4.78, 5) is 123. The quantitative estimate of drug-likeness (QED) is 0.0422. The molecule has 8 amide bonds. The number of aliphatic imine (C=N–C) groups is 1. The molecule has 0 radical (unpaired) electrons. The van der Waals surface area contributed by atoms with Gasteiger partial charge in [0, 0.05) is 74.7 Å². The standard InChI is InChI=1S/C44H58N14O8/c1-25(59)53-33-15-16-37(60)49-17-7-13-31(38(45)61)54-42(65)35(20-27-22-51-30-12-6-5-11-29(27)30)57-39(62)32(14-8-18-50-44(46)47)55-41(64)34(19-26-9-3-2-4-10-26)56-43(66)36(58-40(33)63)21-28-23-48-24-52-28/h2-6,9-12,22-24,31-36,51H,7-8,13-21H2,1H3,(H2,45,61)(H,48,52)(H,49,60)(H,53,59)(H,54,65)(H,55,64)(H,56,66)(H,57,62)(H,58,63)(H4,46,47,50)/t31-,32-,33-,34+,35-,36-/m0/s1. The van der Waals surface area contributed by atoms with Gasteiger partial charge in [-0.2, -0.15) is 0 Å². The number of amides is 8. The molecule has 0 spiro atoms. The minimum absolute atomic E-state index is 0.0110. The Balaban J connectivity index is 1.53. The Bertz CT molecular complexity index is 2350. The summed E-state index contributed by atoms with van der Waals surface area (Å²) in [6, 6.07) is 8.35. The number of aromatic nitrogens is 3. The number of guanidine groups is 1. The van der Waals surface area contributed by atoms with E-state index in [2.05, 4.69) is 57.2 Å². The fraction of sp³-hybridized carbons (Fsp3) is 0.409. The van der Waals surface area contributed by atoms with Crippen molar-refractivity contribution in [3.05, 3.63) is 90.1 Å². The van der Waals surface area contributed by atoms with Gasteiger partial charge in [0.15, 0.2) is 5.96 Å². The summed E-state index contributed by atoms with van der Waals surface area (Å²) in [5.41, 5.74) is 19.4. The molecule has 0 aliphatic carbocycles. The summed E-state index contributed by atoms with van der Waals surface area (Å²) < 4.78 is 0. The van der Waals surface area contributed by atoms with Crippen molar-refractivity contribution in [1.29, 1.82) is 0 Å². The molecular formula is C44H58N14O8. The van der Waals surface area contributed by atoms with Crippen molar-refractivity contribution >= 4 is 64.1 Å². The van der Waals surface area contributed by atoms with Crippen LogP contribution in [-0.2, 0) is 57.6 Å². The lowest BCUT2D eigenvalue weighted by atomic mass is 10.0. The predicted molar refractivity (Wildman–Crippen MR) is 242 cm³/mol. The fourth-order valence-electron chi connectivity index (χ4n) is 7.45. The largest absolute Gasteiger partial charge is 0.370 e. The third kappa shape index (κ3) is 15.2. The van der Waals surface area contributed by atoms with Gasteiger partial charge < -0.3 is 64.4 Å². The van der Waals surface area contributed by atoms with Gasteiger partial charge in [0.25, 0.3) is 0 Å². The molecule has 2 aromatic carbocycles. The number of hydrogen-bond donors (Lipinski definition) is 12. The highest BCUT2D eigenvalue weighted by Crippen LogP contribution is 2.20. The van der Waals surface area contributed by atoms with Gasteiger partial charge in [-0.1, -0.05) is 48.5 Å². The van der Waals surface area contributed by atoms with Gasteiger partial charge in [0.1, 0.15) is 36.3 Å². The molecule has 6 atom stereocenters. The maximum absolute atomic E-state index is 14.5. The Labute approximate surface area is 380 Å². The Morgan fingerprint density at radius 1 is 0.742 bits per heavy atom. The Hall–Kier alpha value is -7.78. The van der Waals surface area contributed by atoms with Crippen LogP contribution in [0.1, 0.15) is 62.3 Å². The van der Waals surface area contributed by atoms with Crippen molar-refractivity contribution in [3.8, 4) is 0 Å². The number of H-pyrrole nitrogens is 2. The van der Waals surface area contributed by atoms with Gasteiger partial charge in [0.2, 0.25) is 47.3 Å². The SMILES string of the molecule is CC(=O)N[C@H]1CCC(=O)NCCC[C@@H](C(N)=O)NC(=O)[C@H](Cc2c[nH]c3ccccc23)NC(=O)[C@H](CCCN=C(N)N)NC(=O)[C@@H](Cc2ccccc2)NC(=O)[C@H](Cc2cnc[nH]2)NC1=O. The number of para-hydroxylation sites is 1. The smallest absolute Gasteiger partial charge is 0.243 e. The molecule has 1 aliphatic heterocycles. The predicted octanol–water partition coefficient (Wildman–Crippen LogP) is -1.92. The number of rotatable bonds is 12. The molecule has 1 saturated heterocycles. The lowest BCUT2D eigenvalue weighted by Gasteiger charge is -2.27. The first-order valence-electron chi connectivity index (χ1n) is 21.6. The van der Waals surface area contributed by atoms with Crippen LogP contribution in [0, 0.1) is 0 Å². The number of nitrogens with two attached hydrogens (primary N) is 3. The van der Waals surface area contributed by atoms with Gasteiger partial charge in [0.05, 0.1) is 6.33 Å². The number of fused-ring (bicyclic) bond motifs is 1. The topological polar surface area (TPSA) is 356 Å². The van der Waals surface area contributed by atoms with Crippen LogP contribution < -0.4 is 54.4 Å². The zero-order valence-electron chi connectivity index (χ0n) is 36.6. The summed E-state index contributed by atoms with van der Waals surface area (Å²) in [5, 5.41) is 19.6. The molecule has 352 valence electrons. The van der Waals surface area contributed by atoms with E-state index in [0.717, 1.165) is 10.9 Å². The van der Waals surface area contributed by atoms with Crippen molar-refractivity contribution in [1.82, 2.24) is 52.2 Å². The van der Waals surface area contributed by atoms with Gasteiger partial charge in [-0.15, -0.1) is 0 Å². The lowest BCUT2D eigenvalue weighted by Crippen LogP contribution is -2.60. The molecule has 3 heterocycles. The average molecular weight is 911 g/mol. The molecular weight excluding hydrogens is 853 g/mol. The van der Waals surface area contributed by atoms with Crippen LogP contribution >= 0.6 is 0 Å². The Kier molecular flexibility index (Phi) is 18.2. The van der Waals surface area contributed by atoms with E-state index >= 15 is 0 Å². The Morgan fingerprint density at radius 3 is 2.06 bits per heavy atom. The monoisotopic (exact) mass is 910 g/mol. The van der Waals surface area contributed by atoms with E-state index in [9.17, 15) is 38.4 Å². The van der Waals surface area contributed by atoms with E-state index in [4.69, 9.17) is 17.2 Å². The first-order chi connectivity index (χ1) is 31.7. The highest BCUT2D eigenvalue weighted by molar-refractivity contribution is 5.97. The van der Waals surface area contributed by atoms with Crippen molar-refractivity contribution < 1.29 is 38.4 Å². The second-order valence-electron chi connectivity index (χ2n) is 16.0. The zero-order valence-corrected chi connectivity index (χ0v) is 36.6. The minimum atomic E-state index is -1.34. The number of hydrogen-bond acceptors (Lipinski definition) is 10. The molecule has 5 rings (SSSR count). The molecule has 22 heteroatoms. The fourth-order valence-corrected chi connectivity index (χ4v) is 7.45. The minimum Gasteiger partial charge on any atom is -0.370 e. The van der Waals surface area contributed by atoms with Crippen LogP contribution in [0.25, 0.3) is 10.9 Å². The summed E-state index contributed by atoms with van der Waals surface area (Å²) in [5.74, 6) is -5.97. The number of aromatic amines is 2. The van der Waals surface area contributed by atoms with Gasteiger partial charge in [-0.05, 0) is 49.3 Å². The molecule has 0 saturated carbocycles. The number of primary amides is 1. The van der Waals surface area contributed by atoms with Crippen LogP contribution in [-0.4, -0.2) is 118 Å². The molecule has 0 bridgehead atoms. The van der Waals surface area contributed by atoms with E-state index in [-0.39, 0.29) is 76.8 Å². The summed E-state index contributed by atoms with van der Waals surface area (Å²) in [7, 11) is 0. The van der Waals surface area contributed by atoms with Crippen molar-refractivity contribution in [3.63, 3.8) is 0 Å². The van der Waals surface area contributed by atoms with Gasteiger partial charge >= 0.3 is 0 Å². The third-order valence-corrected chi connectivity index (χ3v) is 10.8. The molecule has 15 N–H and O–H groups in total. The van der Waals surface area contributed by atoms with Gasteiger partial charge in [-0.3, -0.25) is 43.3 Å². The first-order valence-corrected chi connectivity index (χ1v) is 21.6. The highest BCUT2D eigenvalue weighted by Gasteiger charge is 2.34. The highest BCUT2D eigenvalue weighted by atomic mass is 16.2. The maximum Gasteiger partial charge on any atom is 0.243 e. The van der Waals surface area contributed by atoms with E-state index in [1.165, 1.54) is 19.4 Å². The number of carbonyl (C=O) groups is 8. The average Bonchev–Trinajstić information content (AvgIpc) is 3.96. The lowest BCUT2D eigenvalue weighted by molar-refractivity contribution is -0.135. The number of nitrogens with one attached hydrogen (secondary N) is 9. The molecule has 66 heavy (non-hydrogen) atoms. The van der Waals surface area contributed by atoms with Crippen LogP contribution in [0.15, 0.2) is 78.3 Å². The first kappa shape index (κ1) is 49.2. The summed E-state index contributed by atoms with van der Waals surface area (Å²) in [6.45, 7) is 1.34. The number of benzene rings is 2. The maximum atomic E-state index is 14.5. The second kappa shape index (κ2) is 24.3. The van der Waals surface area contributed by atoms with E-state index < -0.39 is 83.5 Å². The Morgan fingerprint density at radius 2 is 1.38 bits per heavy atom. The molecule has 2 aromatic heterocycles. The second-order valence-corrected chi connectivity index (χ2v) is 16.0. The van der Waals surface area contributed by atoms with Crippen LogP contribution in [0.3, 0.4) is 0 Å². The van der Waals surface area contributed by atoms with Crippen LogP contribution in [0.4, 0.5) is 0 Å². The third-order valence-electron chi connectivity index (χ3n) is 10.8. The van der Waals surface area contributed by atoms with Crippen molar-refractivity contribution in [2.24, 2.45) is 22.2 Å². The number of carbonyl (C=O) groups excluding carboxylic acids is 8. The number of nitrogens with zero attached hydrogens (tertiary/aromatic N) is 2. The molecule has 4 aromatic rings. The van der Waals surface area contributed by atoms with Crippen LogP contribution in [0.5, 0.6) is 0 Å². The number of imidazole rings is 1. The van der Waals surface area contributed by atoms with Gasteiger partial charge in [-0.25, -0.2) is 4.98 Å².